The van der Waals surface area contributed by atoms with E-state index < -0.39 is 10.8 Å². The van der Waals surface area contributed by atoms with Crippen LogP contribution >= 0.6 is 11.6 Å². The predicted octanol–water partition coefficient (Wildman–Crippen LogP) is 4.06. The zero-order chi connectivity index (χ0) is 18.5. The van der Waals surface area contributed by atoms with Gasteiger partial charge in [-0.2, -0.15) is 0 Å². The molecular weight excluding hydrogens is 360 g/mol. The van der Waals surface area contributed by atoms with Crippen molar-refractivity contribution in [2.24, 2.45) is 0 Å². The first kappa shape index (κ1) is 18.2. The smallest absolute Gasteiger partial charge is 0.289 e. The molecule has 1 atom stereocenters. The Kier molecular flexibility index (Phi) is 5.70. The van der Waals surface area contributed by atoms with Gasteiger partial charge in [0, 0.05) is 23.9 Å². The largest absolute Gasteiger partial charge is 0.491 e. The number of anilines is 1. The lowest BCUT2D eigenvalue weighted by Crippen LogP contribution is -2.17. The van der Waals surface area contributed by atoms with Gasteiger partial charge in [-0.25, -0.2) is 0 Å². The molecule has 7 nitrogen and oxygen atoms in total. The number of amides is 1. The van der Waals surface area contributed by atoms with Crippen LogP contribution in [0.3, 0.4) is 0 Å². The predicted molar refractivity (Wildman–Crippen MR) is 97.0 cm³/mol. The van der Waals surface area contributed by atoms with Crippen molar-refractivity contribution in [3.63, 3.8) is 0 Å². The second-order valence-corrected chi connectivity index (χ2v) is 6.26. The third-order valence-electron chi connectivity index (χ3n) is 3.96. The second-order valence-electron chi connectivity index (χ2n) is 5.85. The molecule has 0 bridgehead atoms. The van der Waals surface area contributed by atoms with Crippen LogP contribution in [0.25, 0.3) is 0 Å². The SMILES string of the molecule is O=C(Nc1ccc(Cl)c([N+](=O)[O-])c1)c1cccc(OCC2CCCO2)c1. The molecule has 1 amide bonds. The number of halogens is 1. The lowest BCUT2D eigenvalue weighted by Gasteiger charge is -2.12. The third-order valence-corrected chi connectivity index (χ3v) is 4.28. The number of ether oxygens (including phenoxy) is 2. The van der Waals surface area contributed by atoms with Gasteiger partial charge in [-0.1, -0.05) is 17.7 Å². The quantitative estimate of drug-likeness (QED) is 0.606. The number of hydrogen-bond acceptors (Lipinski definition) is 5. The Balaban J connectivity index is 1.67. The number of nitro groups is 1. The number of nitro benzene ring substituents is 1. The van der Waals surface area contributed by atoms with Crippen LogP contribution < -0.4 is 10.1 Å². The number of benzene rings is 2. The molecule has 0 aromatic heterocycles. The minimum Gasteiger partial charge on any atom is -0.491 e. The first-order valence-electron chi connectivity index (χ1n) is 8.12. The van der Waals surface area contributed by atoms with Gasteiger partial charge < -0.3 is 14.8 Å². The van der Waals surface area contributed by atoms with Gasteiger partial charge in [0.2, 0.25) is 0 Å². The molecule has 8 heteroatoms. The minimum atomic E-state index is -0.600. The van der Waals surface area contributed by atoms with Crippen molar-refractivity contribution in [2.45, 2.75) is 18.9 Å². The van der Waals surface area contributed by atoms with Gasteiger partial charge in [-0.15, -0.1) is 0 Å². The lowest BCUT2D eigenvalue weighted by atomic mass is 10.2. The number of nitrogens with zero attached hydrogens (tertiary/aromatic N) is 1. The molecule has 1 heterocycles. The van der Waals surface area contributed by atoms with E-state index in [9.17, 15) is 14.9 Å². The highest BCUT2D eigenvalue weighted by Gasteiger charge is 2.17. The molecule has 2 aromatic rings. The maximum Gasteiger partial charge on any atom is 0.289 e. The van der Waals surface area contributed by atoms with Crippen LogP contribution in [-0.2, 0) is 4.74 Å². The molecule has 1 unspecified atom stereocenters. The summed E-state index contributed by atoms with van der Waals surface area (Å²) in [6, 6.07) is 10.8. The van der Waals surface area contributed by atoms with E-state index in [0.29, 0.717) is 17.9 Å². The van der Waals surface area contributed by atoms with E-state index in [4.69, 9.17) is 21.1 Å². The third kappa shape index (κ3) is 4.50. The number of hydrogen-bond donors (Lipinski definition) is 1. The standard InChI is InChI=1S/C18H17ClN2O5/c19-16-7-6-13(10-17(16)21(23)24)20-18(22)12-3-1-4-14(9-12)26-11-15-5-2-8-25-15/h1,3-4,6-7,9-10,15H,2,5,8,11H2,(H,20,22). The average molecular weight is 377 g/mol. The maximum atomic E-state index is 12.4. The summed E-state index contributed by atoms with van der Waals surface area (Å²) in [6.07, 6.45) is 2.08. The van der Waals surface area contributed by atoms with Crippen molar-refractivity contribution in [1.29, 1.82) is 0 Å². The molecule has 0 spiro atoms. The van der Waals surface area contributed by atoms with Gasteiger partial charge in [-0.05, 0) is 43.2 Å². The summed E-state index contributed by atoms with van der Waals surface area (Å²) in [6.45, 7) is 1.19. The van der Waals surface area contributed by atoms with Gasteiger partial charge >= 0.3 is 0 Å². The van der Waals surface area contributed by atoms with Gasteiger partial charge in [-0.3, -0.25) is 14.9 Å². The fourth-order valence-corrected chi connectivity index (χ4v) is 2.81. The molecule has 1 N–H and O–H groups in total. The average Bonchev–Trinajstić information content (AvgIpc) is 3.15. The Labute approximate surface area is 155 Å². The Morgan fingerprint density at radius 1 is 1.35 bits per heavy atom. The molecule has 0 radical (unpaired) electrons. The Morgan fingerprint density at radius 2 is 2.19 bits per heavy atom. The van der Waals surface area contributed by atoms with E-state index >= 15 is 0 Å². The number of rotatable bonds is 6. The summed E-state index contributed by atoms with van der Waals surface area (Å²) in [5, 5.41) is 13.6. The number of carbonyl (C=O) groups excluding carboxylic acids is 1. The molecule has 26 heavy (non-hydrogen) atoms. The minimum absolute atomic E-state index is 0.0116. The van der Waals surface area contributed by atoms with Crippen molar-refractivity contribution in [2.75, 3.05) is 18.5 Å². The van der Waals surface area contributed by atoms with Gasteiger partial charge in [0.1, 0.15) is 17.4 Å². The molecule has 1 fully saturated rings. The fraction of sp³-hybridized carbons (Fsp3) is 0.278. The highest BCUT2D eigenvalue weighted by Crippen LogP contribution is 2.27. The molecule has 1 aliphatic rings. The highest BCUT2D eigenvalue weighted by molar-refractivity contribution is 6.32. The normalized spacial score (nSPS) is 16.3. The van der Waals surface area contributed by atoms with Crippen molar-refractivity contribution in [3.05, 3.63) is 63.2 Å². The van der Waals surface area contributed by atoms with E-state index in [1.807, 2.05) is 0 Å². The molecule has 0 saturated carbocycles. The zero-order valence-electron chi connectivity index (χ0n) is 13.8. The van der Waals surface area contributed by atoms with E-state index in [-0.39, 0.29) is 22.5 Å². The summed E-state index contributed by atoms with van der Waals surface area (Å²) >= 11 is 5.77. The summed E-state index contributed by atoms with van der Waals surface area (Å²) in [7, 11) is 0. The molecule has 3 rings (SSSR count). The zero-order valence-corrected chi connectivity index (χ0v) is 14.6. The van der Waals surface area contributed by atoms with Crippen LogP contribution in [0.1, 0.15) is 23.2 Å². The lowest BCUT2D eigenvalue weighted by molar-refractivity contribution is -0.384. The van der Waals surface area contributed by atoms with Crippen LogP contribution in [-0.4, -0.2) is 30.1 Å². The maximum absolute atomic E-state index is 12.4. The van der Waals surface area contributed by atoms with Crippen LogP contribution in [0.5, 0.6) is 5.75 Å². The summed E-state index contributed by atoms with van der Waals surface area (Å²) < 4.78 is 11.2. The first-order valence-corrected chi connectivity index (χ1v) is 8.50. The Bertz CT molecular complexity index is 821. The van der Waals surface area contributed by atoms with Crippen LogP contribution in [0.15, 0.2) is 42.5 Å². The monoisotopic (exact) mass is 376 g/mol. The van der Waals surface area contributed by atoms with Crippen molar-refractivity contribution in [1.82, 2.24) is 0 Å². The first-order chi connectivity index (χ1) is 12.5. The Hall–Kier alpha value is -2.64. The van der Waals surface area contributed by atoms with Crippen LogP contribution in [0, 0.1) is 10.1 Å². The second kappa shape index (κ2) is 8.16. The van der Waals surface area contributed by atoms with E-state index in [2.05, 4.69) is 5.32 Å². The van der Waals surface area contributed by atoms with Gasteiger partial charge in [0.05, 0.1) is 11.0 Å². The molecule has 1 aliphatic heterocycles. The van der Waals surface area contributed by atoms with E-state index in [0.717, 1.165) is 19.4 Å². The van der Waals surface area contributed by atoms with Gasteiger partial charge in [0.15, 0.2) is 0 Å². The van der Waals surface area contributed by atoms with Crippen LogP contribution in [0.2, 0.25) is 5.02 Å². The number of nitrogens with one attached hydrogen (secondary N) is 1. The van der Waals surface area contributed by atoms with E-state index in [1.54, 1.807) is 24.3 Å². The van der Waals surface area contributed by atoms with Crippen molar-refractivity contribution < 1.29 is 19.2 Å². The van der Waals surface area contributed by atoms with Crippen molar-refractivity contribution in [3.8, 4) is 5.75 Å². The number of carbonyl (C=O) groups is 1. The van der Waals surface area contributed by atoms with Gasteiger partial charge in [0.25, 0.3) is 11.6 Å². The van der Waals surface area contributed by atoms with Crippen molar-refractivity contribution >= 4 is 28.9 Å². The van der Waals surface area contributed by atoms with Crippen LogP contribution in [0.4, 0.5) is 11.4 Å². The topological polar surface area (TPSA) is 90.7 Å². The highest BCUT2D eigenvalue weighted by atomic mass is 35.5. The molecule has 2 aromatic carbocycles. The summed E-state index contributed by atoms with van der Waals surface area (Å²) in [4.78, 5) is 22.7. The summed E-state index contributed by atoms with van der Waals surface area (Å²) in [5.41, 5.74) is 0.405. The molecule has 136 valence electrons. The summed E-state index contributed by atoms with van der Waals surface area (Å²) in [5.74, 6) is 0.166. The molecule has 1 saturated heterocycles. The molecular formula is C18H17ClN2O5. The van der Waals surface area contributed by atoms with E-state index in [1.165, 1.54) is 18.2 Å². The molecule has 0 aliphatic carbocycles. The Morgan fingerprint density at radius 3 is 2.92 bits per heavy atom. The fourth-order valence-electron chi connectivity index (χ4n) is 2.63.